The number of aliphatic hydroxyl groups is 1. The molecule has 0 radical (unpaired) electrons. The maximum atomic E-state index is 15.4. The van der Waals surface area contributed by atoms with Gasteiger partial charge in [-0.25, -0.2) is 0 Å². The van der Waals surface area contributed by atoms with Gasteiger partial charge in [-0.3, -0.25) is 82.7 Å². The molecular weight excluding hydrogens is 1470 g/mol. The van der Waals surface area contributed by atoms with Crippen molar-refractivity contribution in [3.8, 4) is 5.75 Å². The van der Waals surface area contributed by atoms with Gasteiger partial charge in [-0.2, -0.15) is 0 Å². The minimum atomic E-state index is -1.99. The van der Waals surface area contributed by atoms with Crippen LogP contribution >= 0.6 is 21.6 Å². The van der Waals surface area contributed by atoms with E-state index in [0.29, 0.717) is 16.7 Å². The van der Waals surface area contributed by atoms with E-state index < -0.39 is 211 Å². The van der Waals surface area contributed by atoms with Gasteiger partial charge in [0.15, 0.2) is 11.9 Å². The first-order valence-corrected chi connectivity index (χ1v) is 38.1. The lowest BCUT2D eigenvalue weighted by Gasteiger charge is -2.31. The number of carboxylic acid groups (broad SMARTS) is 1. The van der Waals surface area contributed by atoms with Crippen LogP contribution in [0.4, 0.5) is 0 Å². The normalized spacial score (nSPS) is 24.5. The van der Waals surface area contributed by atoms with E-state index in [0.717, 1.165) is 33.4 Å². The summed E-state index contributed by atoms with van der Waals surface area (Å²) in [6.45, 7) is 1.89. The number of aliphatic hydroxyl groups excluding tert-OH is 1. The van der Waals surface area contributed by atoms with Crippen LogP contribution in [-0.2, 0) is 91.2 Å². The number of hydrogen-bond donors (Lipinski definition) is 22. The standard InChI is InChI=1S/C70H98N20O18S2/c1-37(2)27-45-62(102)82-44(18-11-25-76-70(73)74)61(101)87-50-35-109-110-36-51(65(105)89-57(38(3)91)67(107)85-46(29-41-20-22-42(92)23-21-41)58(98)78-32-53(93)77-33-54(94)81-47(63(103)83-45)28-39-13-6-4-7-14-39)88-60(100)43(17-10-24-75-69(71)72)80-55(95)34-79-59(99)48(31-56(96)97)84-66(106)52-19-12-26-90(52)68(108)49(86-64(50)104)30-40-15-8-5-9-16-40/h4-9,13-16,20-23,37-38,43-52,57,91-92H,10-12,17-19,24-36H2,1-3H3,(H,77,93)(H,78,98)(H,79,99)(H,80,95)(H,81,94)(H,82,102)(H,83,103)(H,84,106)(H,85,107)(H,86,104)(H,87,101)(H,88,100)(H,89,105)(H,96,97)(H4,71,72,75)(H4,73,74,76)/t38-,43+,44+,45+,46+,47+,48+,49+,50+,51+,52+,57+/m1/s1. The second-order valence-corrected chi connectivity index (χ2v) is 29.4. The van der Waals surface area contributed by atoms with Gasteiger partial charge in [-0.05, 0) is 86.6 Å². The SMILES string of the molecule is CC(C)C[C@@H]1NC(=O)[C@H](Cc2ccccc2)NC(=O)CNC(=O)CNC(=O)[C@H](Cc2ccc(O)cc2)NC(=O)[C@H]([C@@H](C)O)NC(=O)[C@@H]2CSSC[C@H](NC(=O)[C@H](CCCNC(=N)N)NC1=O)C(=O)N[C@@H](Cc1ccccc1)C(=O)N1CCC[C@H]1C(=O)N[C@@H](CC(=O)O)C(=O)NCC(=O)N[C@@H](CCCNC(=N)N)C(=O)N2. The molecule has 3 saturated heterocycles. The van der Waals surface area contributed by atoms with Crippen LogP contribution in [0.5, 0.6) is 5.75 Å². The van der Waals surface area contributed by atoms with Gasteiger partial charge in [-0.15, -0.1) is 0 Å². The van der Waals surface area contributed by atoms with Crippen molar-refractivity contribution in [3.63, 3.8) is 0 Å². The van der Waals surface area contributed by atoms with E-state index in [4.69, 9.17) is 22.3 Å². The van der Waals surface area contributed by atoms with Crippen LogP contribution in [0.1, 0.15) is 88.8 Å². The summed E-state index contributed by atoms with van der Waals surface area (Å²) in [5.41, 5.74) is 12.5. The van der Waals surface area contributed by atoms with Gasteiger partial charge >= 0.3 is 5.97 Å². The number of nitrogens with zero attached hydrogens (tertiary/aromatic N) is 1. The highest BCUT2D eigenvalue weighted by atomic mass is 33.1. The molecule has 0 unspecified atom stereocenters. The minimum absolute atomic E-state index is 0.0129. The van der Waals surface area contributed by atoms with E-state index in [9.17, 15) is 72.9 Å². The summed E-state index contributed by atoms with van der Waals surface area (Å²) in [4.78, 5) is 217. The van der Waals surface area contributed by atoms with Crippen molar-refractivity contribution in [2.45, 2.75) is 164 Å². The molecule has 3 heterocycles. The molecule has 3 aliphatic rings. The molecule has 14 amide bonds. The summed E-state index contributed by atoms with van der Waals surface area (Å²) in [5.74, 6) is -18.3. The lowest BCUT2D eigenvalue weighted by Crippen LogP contribution is -2.61. The Labute approximate surface area is 641 Å². The van der Waals surface area contributed by atoms with Crippen LogP contribution in [0.15, 0.2) is 84.9 Å². The molecule has 38 nitrogen and oxygen atoms in total. The highest BCUT2D eigenvalue weighted by Crippen LogP contribution is 2.26. The Morgan fingerprint density at radius 2 is 0.927 bits per heavy atom. The molecule has 0 saturated carbocycles. The van der Waals surface area contributed by atoms with E-state index in [1.165, 1.54) is 24.3 Å². The van der Waals surface area contributed by atoms with Crippen molar-refractivity contribution in [2.75, 3.05) is 50.8 Å². The Bertz CT molecular complexity index is 3770. The molecule has 24 N–H and O–H groups in total. The van der Waals surface area contributed by atoms with Crippen molar-refractivity contribution >= 4 is 122 Å². The number of benzene rings is 3. The predicted molar refractivity (Wildman–Crippen MR) is 402 cm³/mol. The molecule has 2 bridgehead atoms. The van der Waals surface area contributed by atoms with Crippen LogP contribution in [0, 0.1) is 16.7 Å². The topological polar surface area (TPSA) is 600 Å². The number of aliphatic carboxylic acids is 1. The van der Waals surface area contributed by atoms with E-state index in [-0.39, 0.29) is 95.5 Å². The second kappa shape index (κ2) is 44.2. The highest BCUT2D eigenvalue weighted by molar-refractivity contribution is 8.76. The number of carboxylic acids is 1. The number of phenols is 1. The summed E-state index contributed by atoms with van der Waals surface area (Å²) in [6.07, 6.45) is -3.99. The maximum absolute atomic E-state index is 15.4. The fourth-order valence-corrected chi connectivity index (χ4v) is 14.2. The smallest absolute Gasteiger partial charge is 0.305 e. The van der Waals surface area contributed by atoms with Crippen LogP contribution in [0.3, 0.4) is 0 Å². The number of amides is 14. The number of carbonyl (C=O) groups excluding carboxylic acids is 14. The molecular formula is C70H98N20O18S2. The van der Waals surface area contributed by atoms with Crippen molar-refractivity contribution in [1.82, 2.24) is 84.7 Å². The lowest BCUT2D eigenvalue weighted by atomic mass is 10.00. The van der Waals surface area contributed by atoms with Crippen LogP contribution in [0.25, 0.3) is 0 Å². The lowest BCUT2D eigenvalue weighted by molar-refractivity contribution is -0.144. The Morgan fingerprint density at radius 1 is 0.500 bits per heavy atom. The molecule has 0 spiro atoms. The van der Waals surface area contributed by atoms with Gasteiger partial charge in [0.1, 0.15) is 72.2 Å². The van der Waals surface area contributed by atoms with Crippen molar-refractivity contribution in [1.29, 1.82) is 10.8 Å². The number of nitrogens with two attached hydrogens (primary N) is 2. The van der Waals surface area contributed by atoms with Gasteiger partial charge in [-0.1, -0.05) is 108 Å². The fourth-order valence-electron chi connectivity index (χ4n) is 11.8. The number of fused-ring (bicyclic) bond motifs is 6. The van der Waals surface area contributed by atoms with E-state index in [1.54, 1.807) is 74.5 Å². The zero-order valence-electron chi connectivity index (χ0n) is 60.9. The third-order valence-corrected chi connectivity index (χ3v) is 19.9. The third-order valence-electron chi connectivity index (χ3n) is 17.5. The van der Waals surface area contributed by atoms with Crippen LogP contribution in [0.2, 0.25) is 0 Å². The van der Waals surface area contributed by atoms with E-state index in [1.807, 2.05) is 0 Å². The molecule has 0 aliphatic carbocycles. The Balaban J connectivity index is 1.51. The van der Waals surface area contributed by atoms with Crippen molar-refractivity contribution in [3.05, 3.63) is 102 Å². The van der Waals surface area contributed by atoms with E-state index in [2.05, 4.69) is 79.8 Å². The maximum Gasteiger partial charge on any atom is 0.305 e. The first-order valence-electron chi connectivity index (χ1n) is 35.6. The number of hydrogen-bond acceptors (Lipinski definition) is 21. The molecule has 0 aromatic heterocycles. The zero-order chi connectivity index (χ0) is 80.6. The van der Waals surface area contributed by atoms with Gasteiger partial charge < -0.3 is 111 Å². The Hall–Kier alpha value is -11.3. The Morgan fingerprint density at radius 3 is 1.45 bits per heavy atom. The highest BCUT2D eigenvalue weighted by Gasteiger charge is 2.42. The van der Waals surface area contributed by atoms with Gasteiger partial charge in [0.25, 0.3) is 0 Å². The minimum Gasteiger partial charge on any atom is -0.508 e. The molecule has 40 heteroatoms. The number of aromatic hydroxyl groups is 1. The van der Waals surface area contributed by atoms with Crippen molar-refractivity contribution < 1.29 is 87.2 Å². The molecule has 3 fully saturated rings. The summed E-state index contributed by atoms with van der Waals surface area (Å²) in [7, 11) is 1.59. The molecule has 12 atom stereocenters. The average molecular weight is 1570 g/mol. The van der Waals surface area contributed by atoms with Gasteiger partial charge in [0.2, 0.25) is 82.7 Å². The number of rotatable bonds is 19. The summed E-state index contributed by atoms with van der Waals surface area (Å²) in [6, 6.07) is 4.03. The molecule has 110 heavy (non-hydrogen) atoms. The largest absolute Gasteiger partial charge is 0.508 e. The number of phenolic OH excluding ortho intramolecular Hbond substituents is 1. The van der Waals surface area contributed by atoms with Gasteiger partial charge in [0, 0.05) is 50.4 Å². The molecule has 3 aromatic rings. The predicted octanol–water partition coefficient (Wildman–Crippen LogP) is -5.56. The zero-order valence-corrected chi connectivity index (χ0v) is 62.5. The van der Waals surface area contributed by atoms with Crippen LogP contribution < -0.4 is 91.2 Å². The molecule has 6 rings (SSSR count). The summed E-state index contributed by atoms with van der Waals surface area (Å²) in [5, 5.41) is 84.7. The Kier molecular flexibility index (Phi) is 35.2. The van der Waals surface area contributed by atoms with Crippen LogP contribution in [-0.4, -0.2) is 244 Å². The quantitative estimate of drug-likeness (QED) is 0.0230. The van der Waals surface area contributed by atoms with Gasteiger partial charge in [0.05, 0.1) is 32.2 Å². The fraction of sp³-hybridized carbons (Fsp3) is 0.500. The number of nitrogens with one attached hydrogen (secondary N) is 17. The third kappa shape index (κ3) is 29.7. The molecule has 3 aromatic carbocycles. The second-order valence-electron chi connectivity index (χ2n) is 26.8. The number of carbonyl (C=O) groups is 15. The number of guanidine groups is 2. The first-order chi connectivity index (χ1) is 52.3. The first kappa shape index (κ1) is 87.6. The molecule has 3 aliphatic heterocycles. The average Bonchev–Trinajstić information content (AvgIpc) is 1.63. The monoisotopic (exact) mass is 1570 g/mol. The summed E-state index contributed by atoms with van der Waals surface area (Å²) >= 11 is 0. The summed E-state index contributed by atoms with van der Waals surface area (Å²) < 4.78 is 0. The van der Waals surface area contributed by atoms with Crippen molar-refractivity contribution in [2.24, 2.45) is 17.4 Å². The molecule has 598 valence electrons. The van der Waals surface area contributed by atoms with E-state index >= 15 is 14.4 Å².